The zero-order valence-corrected chi connectivity index (χ0v) is 11.3. The summed E-state index contributed by atoms with van der Waals surface area (Å²) >= 11 is 1.29. The summed E-state index contributed by atoms with van der Waals surface area (Å²) in [6, 6.07) is 7.23. The molecule has 1 aliphatic carbocycles. The second kappa shape index (κ2) is 4.76. The third-order valence-corrected chi connectivity index (χ3v) is 4.17. The molecule has 18 heavy (non-hydrogen) atoms. The zero-order valence-electron chi connectivity index (χ0n) is 10.5. The highest BCUT2D eigenvalue weighted by Crippen LogP contribution is 2.35. The van der Waals surface area contributed by atoms with Gasteiger partial charge in [0.25, 0.3) is 0 Å². The van der Waals surface area contributed by atoms with Crippen LogP contribution < -0.4 is 0 Å². The number of aliphatic carboxylic acids is 1. The van der Waals surface area contributed by atoms with E-state index in [1.165, 1.54) is 11.8 Å². The Morgan fingerprint density at radius 3 is 2.22 bits per heavy atom. The number of thioether (sulfide) groups is 1. The number of hydrogen-bond donors (Lipinski definition) is 1. The van der Waals surface area contributed by atoms with Gasteiger partial charge in [-0.05, 0) is 38.8 Å². The van der Waals surface area contributed by atoms with Crippen LogP contribution in [0.4, 0.5) is 0 Å². The Kier molecular flexibility index (Phi) is 3.48. The van der Waals surface area contributed by atoms with E-state index in [0.29, 0.717) is 0 Å². The minimum atomic E-state index is -0.859. The van der Waals surface area contributed by atoms with E-state index < -0.39 is 10.7 Å². The molecule has 0 unspecified atom stereocenters. The van der Waals surface area contributed by atoms with Gasteiger partial charge in [0.15, 0.2) is 5.78 Å². The van der Waals surface area contributed by atoms with E-state index in [2.05, 4.69) is 0 Å². The van der Waals surface area contributed by atoms with Crippen LogP contribution in [0.2, 0.25) is 0 Å². The molecule has 0 bridgehead atoms. The van der Waals surface area contributed by atoms with Gasteiger partial charge in [0.05, 0.1) is 0 Å². The molecule has 0 aromatic heterocycles. The predicted molar refractivity (Wildman–Crippen MR) is 71.1 cm³/mol. The maximum absolute atomic E-state index is 11.8. The lowest BCUT2D eigenvalue weighted by molar-refractivity contribution is -0.138. The molecule has 1 aromatic carbocycles. The van der Waals surface area contributed by atoms with Crippen molar-refractivity contribution in [3.05, 3.63) is 29.8 Å². The fourth-order valence-electron chi connectivity index (χ4n) is 1.61. The van der Waals surface area contributed by atoms with Gasteiger partial charge < -0.3 is 5.11 Å². The topological polar surface area (TPSA) is 54.4 Å². The highest BCUT2D eigenvalue weighted by Gasteiger charge is 2.31. The summed E-state index contributed by atoms with van der Waals surface area (Å²) in [7, 11) is 0. The number of carboxylic acids is 1. The first-order valence-corrected chi connectivity index (χ1v) is 6.78. The monoisotopic (exact) mass is 264 g/mol. The number of rotatable bonds is 5. The standard InChI is InChI=1S/C14H16O3S/c1-14(2,13(16)17)18-11-7-5-10(6-8-11)12(15)9-3-4-9/h5-9H,3-4H2,1-2H3,(H,16,17). The van der Waals surface area contributed by atoms with Crippen molar-refractivity contribution in [2.75, 3.05) is 0 Å². The molecule has 4 heteroatoms. The molecule has 1 aliphatic rings. The smallest absolute Gasteiger partial charge is 0.319 e. The normalized spacial score (nSPS) is 15.4. The van der Waals surface area contributed by atoms with E-state index in [1.54, 1.807) is 26.0 Å². The van der Waals surface area contributed by atoms with Gasteiger partial charge in [0.1, 0.15) is 4.75 Å². The van der Waals surface area contributed by atoms with Gasteiger partial charge in [-0.2, -0.15) is 0 Å². The van der Waals surface area contributed by atoms with Gasteiger partial charge in [-0.25, -0.2) is 0 Å². The predicted octanol–water partition coefficient (Wildman–Crippen LogP) is 3.23. The van der Waals surface area contributed by atoms with E-state index in [-0.39, 0.29) is 11.7 Å². The molecule has 0 heterocycles. The van der Waals surface area contributed by atoms with Crippen LogP contribution in [0.5, 0.6) is 0 Å². The average Bonchev–Trinajstić information content (AvgIpc) is 3.12. The fourth-order valence-corrected chi connectivity index (χ4v) is 2.56. The van der Waals surface area contributed by atoms with E-state index in [1.807, 2.05) is 12.1 Å². The number of carbonyl (C=O) groups excluding carboxylic acids is 1. The summed E-state index contributed by atoms with van der Waals surface area (Å²) in [5, 5.41) is 9.05. The third kappa shape index (κ3) is 2.93. The van der Waals surface area contributed by atoms with Crippen LogP contribution in [0.15, 0.2) is 29.2 Å². The van der Waals surface area contributed by atoms with Gasteiger partial charge in [0.2, 0.25) is 0 Å². The quantitative estimate of drug-likeness (QED) is 0.655. The first-order valence-electron chi connectivity index (χ1n) is 5.97. The van der Waals surface area contributed by atoms with Crippen LogP contribution in [0, 0.1) is 5.92 Å². The van der Waals surface area contributed by atoms with Crippen molar-refractivity contribution >= 4 is 23.5 Å². The lowest BCUT2D eigenvalue weighted by atomic mass is 10.1. The van der Waals surface area contributed by atoms with Gasteiger partial charge in [-0.3, -0.25) is 9.59 Å². The Morgan fingerprint density at radius 2 is 1.78 bits per heavy atom. The molecule has 0 aliphatic heterocycles. The van der Waals surface area contributed by atoms with E-state index in [9.17, 15) is 9.59 Å². The fraction of sp³-hybridized carbons (Fsp3) is 0.429. The SMILES string of the molecule is CC(C)(Sc1ccc(C(=O)C2CC2)cc1)C(=O)O. The highest BCUT2D eigenvalue weighted by atomic mass is 32.2. The maximum atomic E-state index is 11.8. The van der Waals surface area contributed by atoms with Crippen molar-refractivity contribution in [3.63, 3.8) is 0 Å². The van der Waals surface area contributed by atoms with Gasteiger partial charge in [0, 0.05) is 16.4 Å². The Hall–Kier alpha value is -1.29. The molecule has 0 atom stereocenters. The average molecular weight is 264 g/mol. The molecule has 1 aromatic rings. The van der Waals surface area contributed by atoms with Crippen LogP contribution in [-0.4, -0.2) is 21.6 Å². The summed E-state index contributed by atoms with van der Waals surface area (Å²) in [5.41, 5.74) is 0.731. The molecule has 1 N–H and O–H groups in total. The van der Waals surface area contributed by atoms with Crippen molar-refractivity contribution in [3.8, 4) is 0 Å². The number of carboxylic acid groups (broad SMARTS) is 1. The molecule has 0 radical (unpaired) electrons. The first-order chi connectivity index (χ1) is 8.40. The van der Waals surface area contributed by atoms with Crippen LogP contribution in [0.3, 0.4) is 0 Å². The summed E-state index contributed by atoms with van der Waals surface area (Å²) in [6.07, 6.45) is 2.00. The molecule has 3 nitrogen and oxygen atoms in total. The zero-order chi connectivity index (χ0) is 13.3. The largest absolute Gasteiger partial charge is 0.480 e. The first kappa shape index (κ1) is 13.1. The number of hydrogen-bond acceptors (Lipinski definition) is 3. The molecular formula is C14H16O3S. The summed E-state index contributed by atoms with van der Waals surface area (Å²) in [5.74, 6) is -0.409. The van der Waals surface area contributed by atoms with Crippen molar-refractivity contribution in [2.24, 2.45) is 5.92 Å². The van der Waals surface area contributed by atoms with Crippen molar-refractivity contribution in [1.29, 1.82) is 0 Å². The van der Waals surface area contributed by atoms with Crippen molar-refractivity contribution in [2.45, 2.75) is 36.3 Å². The molecular weight excluding hydrogens is 248 g/mol. The Morgan fingerprint density at radius 1 is 1.22 bits per heavy atom. The second-order valence-corrected chi connectivity index (χ2v) is 6.78. The minimum absolute atomic E-state index is 0.212. The second-order valence-electron chi connectivity index (χ2n) is 5.08. The highest BCUT2D eigenvalue weighted by molar-refractivity contribution is 8.01. The molecule has 1 fully saturated rings. The molecule has 96 valence electrons. The van der Waals surface area contributed by atoms with Crippen LogP contribution in [0.1, 0.15) is 37.0 Å². The van der Waals surface area contributed by atoms with E-state index in [0.717, 1.165) is 23.3 Å². The summed E-state index contributed by atoms with van der Waals surface area (Å²) in [4.78, 5) is 23.7. The molecule has 0 amide bonds. The number of benzene rings is 1. The Balaban J connectivity index is 2.08. The van der Waals surface area contributed by atoms with Gasteiger partial charge in [-0.1, -0.05) is 12.1 Å². The Bertz CT molecular complexity index is 472. The van der Waals surface area contributed by atoms with Gasteiger partial charge in [-0.15, -0.1) is 11.8 Å². The van der Waals surface area contributed by atoms with E-state index in [4.69, 9.17) is 5.11 Å². The molecule has 0 spiro atoms. The van der Waals surface area contributed by atoms with E-state index >= 15 is 0 Å². The lowest BCUT2D eigenvalue weighted by Gasteiger charge is -2.18. The molecule has 2 rings (SSSR count). The van der Waals surface area contributed by atoms with Gasteiger partial charge >= 0.3 is 5.97 Å². The number of ketones is 1. The van der Waals surface area contributed by atoms with Crippen molar-refractivity contribution < 1.29 is 14.7 Å². The minimum Gasteiger partial charge on any atom is -0.480 e. The maximum Gasteiger partial charge on any atom is 0.319 e. The summed E-state index contributed by atoms with van der Waals surface area (Å²) < 4.78 is -0.859. The van der Waals surface area contributed by atoms with Crippen LogP contribution in [0.25, 0.3) is 0 Å². The van der Waals surface area contributed by atoms with Crippen molar-refractivity contribution in [1.82, 2.24) is 0 Å². The third-order valence-electron chi connectivity index (χ3n) is 2.98. The summed E-state index contributed by atoms with van der Waals surface area (Å²) in [6.45, 7) is 3.34. The van der Waals surface area contributed by atoms with Crippen LogP contribution in [-0.2, 0) is 4.79 Å². The molecule has 1 saturated carbocycles. The lowest BCUT2D eigenvalue weighted by Crippen LogP contribution is -2.26. The Labute approximate surface area is 111 Å². The number of Topliss-reactive ketones (excluding diaryl/α,β-unsaturated/α-hetero) is 1. The molecule has 0 saturated heterocycles. The number of carbonyl (C=O) groups is 2. The van der Waals surface area contributed by atoms with Crippen LogP contribution >= 0.6 is 11.8 Å².